The standard InChI is InChI=1S/C26H41N9O6/c27-15-20(36)34-19(14-17-6-2-1-3-7-17)22(38)32-16-21(37)33-18(8-4-5-11-31-25(28)29)23(39)35-12-9-26(30,10-13-35)24(40)41/h1-3,6-7,18-19H,4-5,8-16,27,30H2,(H,32,38)(H,33,37)(H,34,36)(H,40,41)(H4,28,29,31)/t18-,19-/m1/s1. The zero-order valence-electron chi connectivity index (χ0n) is 23.0. The van der Waals surface area contributed by atoms with E-state index in [0.29, 0.717) is 19.4 Å². The van der Waals surface area contributed by atoms with Crippen LogP contribution in [0.3, 0.4) is 0 Å². The van der Waals surface area contributed by atoms with Crippen LogP contribution in [-0.2, 0) is 30.4 Å². The zero-order valence-corrected chi connectivity index (χ0v) is 23.0. The lowest BCUT2D eigenvalue weighted by Crippen LogP contribution is -2.59. The fourth-order valence-corrected chi connectivity index (χ4v) is 4.36. The molecule has 2 atom stereocenters. The second-order valence-corrected chi connectivity index (χ2v) is 9.97. The van der Waals surface area contributed by atoms with Gasteiger partial charge in [-0.05, 0) is 37.7 Å². The van der Waals surface area contributed by atoms with Crippen LogP contribution in [0.2, 0.25) is 0 Å². The molecule has 0 bridgehead atoms. The Labute approximate surface area is 238 Å². The minimum Gasteiger partial charge on any atom is -0.480 e. The summed E-state index contributed by atoms with van der Waals surface area (Å²) in [5, 5.41) is 27.0. The van der Waals surface area contributed by atoms with E-state index in [-0.39, 0.29) is 57.2 Å². The molecule has 15 heteroatoms. The van der Waals surface area contributed by atoms with E-state index in [1.807, 2.05) is 6.07 Å². The molecular formula is C26H41N9O6. The highest BCUT2D eigenvalue weighted by Gasteiger charge is 2.40. The monoisotopic (exact) mass is 575 g/mol. The first-order chi connectivity index (χ1) is 19.4. The molecule has 41 heavy (non-hydrogen) atoms. The maximum Gasteiger partial charge on any atom is 0.323 e. The van der Waals surface area contributed by atoms with Crippen molar-refractivity contribution in [2.75, 3.05) is 32.7 Å². The second-order valence-electron chi connectivity index (χ2n) is 9.97. The highest BCUT2D eigenvalue weighted by Crippen LogP contribution is 2.21. The number of unbranched alkanes of at least 4 members (excludes halogenated alkanes) is 1. The SMILES string of the molecule is N=C(N)NCCCC[C@@H](NC(=O)CNC(=O)[C@@H](Cc1ccccc1)NC(=O)CN)C(=O)N1CCC(N)(C(=O)O)CC1. The average Bonchev–Trinajstić information content (AvgIpc) is 2.95. The lowest BCUT2D eigenvalue weighted by molar-refractivity contribution is -0.148. The molecule has 0 aliphatic carbocycles. The summed E-state index contributed by atoms with van der Waals surface area (Å²) in [6, 6.07) is 7.13. The molecule has 1 heterocycles. The normalized spacial score (nSPS) is 15.6. The van der Waals surface area contributed by atoms with E-state index in [2.05, 4.69) is 21.3 Å². The Morgan fingerprint density at radius 1 is 0.976 bits per heavy atom. The molecule has 4 amide bonds. The van der Waals surface area contributed by atoms with Crippen molar-refractivity contribution in [2.24, 2.45) is 17.2 Å². The average molecular weight is 576 g/mol. The number of carbonyl (C=O) groups excluding carboxylic acids is 4. The van der Waals surface area contributed by atoms with Gasteiger partial charge in [0, 0.05) is 26.1 Å². The molecule has 1 aliphatic rings. The number of amides is 4. The van der Waals surface area contributed by atoms with E-state index in [4.69, 9.17) is 22.6 Å². The molecule has 0 unspecified atom stereocenters. The number of hydrogen-bond donors (Lipinski definition) is 9. The summed E-state index contributed by atoms with van der Waals surface area (Å²) < 4.78 is 0. The number of nitrogens with zero attached hydrogens (tertiary/aromatic N) is 1. The summed E-state index contributed by atoms with van der Waals surface area (Å²) in [6.45, 7) is -0.0882. The minimum atomic E-state index is -1.41. The third-order valence-electron chi connectivity index (χ3n) is 6.80. The highest BCUT2D eigenvalue weighted by atomic mass is 16.4. The fourth-order valence-electron chi connectivity index (χ4n) is 4.36. The van der Waals surface area contributed by atoms with Gasteiger partial charge in [-0.1, -0.05) is 30.3 Å². The number of likely N-dealkylation sites (tertiary alicyclic amines) is 1. The lowest BCUT2D eigenvalue weighted by Gasteiger charge is -2.37. The smallest absolute Gasteiger partial charge is 0.323 e. The molecule has 1 saturated heterocycles. The Hall–Kier alpha value is -4.24. The number of nitrogens with one attached hydrogen (secondary N) is 5. The predicted octanol–water partition coefficient (Wildman–Crippen LogP) is -2.67. The van der Waals surface area contributed by atoms with Crippen molar-refractivity contribution in [3.05, 3.63) is 35.9 Å². The van der Waals surface area contributed by atoms with Gasteiger partial charge in [0.25, 0.3) is 0 Å². The van der Waals surface area contributed by atoms with Gasteiger partial charge in [-0.2, -0.15) is 0 Å². The van der Waals surface area contributed by atoms with Crippen molar-refractivity contribution < 1.29 is 29.1 Å². The number of rotatable bonds is 15. The third kappa shape index (κ3) is 11.0. The number of carboxylic acid groups (broad SMARTS) is 1. The number of piperidine rings is 1. The van der Waals surface area contributed by atoms with E-state index >= 15 is 0 Å². The number of nitrogens with two attached hydrogens (primary N) is 3. The second kappa shape index (κ2) is 16.1. The zero-order chi connectivity index (χ0) is 30.4. The maximum atomic E-state index is 13.3. The Balaban J connectivity index is 2.01. The van der Waals surface area contributed by atoms with Crippen LogP contribution >= 0.6 is 0 Å². The number of aliphatic carboxylic acids is 1. The molecular weight excluding hydrogens is 534 g/mol. The van der Waals surface area contributed by atoms with Crippen molar-refractivity contribution in [2.45, 2.75) is 56.1 Å². The molecule has 1 aliphatic heterocycles. The highest BCUT2D eigenvalue weighted by molar-refractivity contribution is 5.93. The third-order valence-corrected chi connectivity index (χ3v) is 6.80. The first kappa shape index (κ1) is 33.0. The van der Waals surface area contributed by atoms with E-state index in [0.717, 1.165) is 5.56 Å². The Morgan fingerprint density at radius 2 is 1.61 bits per heavy atom. The van der Waals surface area contributed by atoms with Crippen molar-refractivity contribution in [1.82, 2.24) is 26.2 Å². The summed E-state index contributed by atoms with van der Waals surface area (Å²) >= 11 is 0. The van der Waals surface area contributed by atoms with Crippen LogP contribution in [0.1, 0.15) is 37.7 Å². The quantitative estimate of drug-likeness (QED) is 0.0595. The Morgan fingerprint density at radius 3 is 2.20 bits per heavy atom. The van der Waals surface area contributed by atoms with Crippen molar-refractivity contribution in [1.29, 1.82) is 5.41 Å². The molecule has 1 aromatic carbocycles. The van der Waals surface area contributed by atoms with Crippen molar-refractivity contribution >= 4 is 35.6 Å². The van der Waals surface area contributed by atoms with Gasteiger partial charge in [-0.15, -0.1) is 0 Å². The minimum absolute atomic E-state index is 0.0741. The van der Waals surface area contributed by atoms with Gasteiger partial charge < -0.3 is 48.5 Å². The molecule has 15 nitrogen and oxygen atoms in total. The van der Waals surface area contributed by atoms with E-state index in [9.17, 15) is 29.1 Å². The molecule has 12 N–H and O–H groups in total. The number of guanidine groups is 1. The Bertz CT molecular complexity index is 1080. The van der Waals surface area contributed by atoms with Crippen LogP contribution in [0.4, 0.5) is 0 Å². The summed E-state index contributed by atoms with van der Waals surface area (Å²) in [5.41, 5.74) is 16.0. The van der Waals surface area contributed by atoms with Crippen molar-refractivity contribution in [3.63, 3.8) is 0 Å². The summed E-state index contributed by atoms with van der Waals surface area (Å²) in [6.07, 6.45) is 1.68. The molecule has 0 aromatic heterocycles. The van der Waals surface area contributed by atoms with Gasteiger partial charge >= 0.3 is 5.97 Å². The van der Waals surface area contributed by atoms with E-state index in [1.165, 1.54) is 4.90 Å². The van der Waals surface area contributed by atoms with Gasteiger partial charge in [0.1, 0.15) is 17.6 Å². The van der Waals surface area contributed by atoms with Gasteiger partial charge in [0.2, 0.25) is 23.6 Å². The number of carboxylic acids is 1. The molecule has 0 saturated carbocycles. The predicted molar refractivity (Wildman–Crippen MR) is 150 cm³/mol. The largest absolute Gasteiger partial charge is 0.480 e. The molecule has 0 spiro atoms. The number of hydrogen-bond acceptors (Lipinski definition) is 8. The molecule has 226 valence electrons. The molecule has 1 fully saturated rings. The summed E-state index contributed by atoms with van der Waals surface area (Å²) in [4.78, 5) is 63.8. The topological polar surface area (TPSA) is 259 Å². The van der Waals surface area contributed by atoms with Gasteiger partial charge in [0.15, 0.2) is 5.96 Å². The van der Waals surface area contributed by atoms with Crippen LogP contribution in [0.5, 0.6) is 0 Å². The molecule has 1 aromatic rings. The number of carbonyl (C=O) groups is 5. The Kier molecular flexibility index (Phi) is 13.0. The van der Waals surface area contributed by atoms with Gasteiger partial charge in [-0.3, -0.25) is 29.4 Å². The van der Waals surface area contributed by atoms with E-state index in [1.54, 1.807) is 24.3 Å². The summed E-state index contributed by atoms with van der Waals surface area (Å²) in [5.74, 6) is -3.41. The maximum absolute atomic E-state index is 13.3. The first-order valence-electron chi connectivity index (χ1n) is 13.4. The lowest BCUT2D eigenvalue weighted by atomic mass is 9.88. The summed E-state index contributed by atoms with van der Waals surface area (Å²) in [7, 11) is 0. The number of benzene rings is 1. The first-order valence-corrected chi connectivity index (χ1v) is 13.4. The van der Waals surface area contributed by atoms with Crippen molar-refractivity contribution in [3.8, 4) is 0 Å². The van der Waals surface area contributed by atoms with Crippen LogP contribution in [0.15, 0.2) is 30.3 Å². The van der Waals surface area contributed by atoms with Crippen LogP contribution in [0.25, 0.3) is 0 Å². The van der Waals surface area contributed by atoms with Crippen LogP contribution < -0.4 is 38.5 Å². The van der Waals surface area contributed by atoms with E-state index < -0.39 is 47.9 Å². The molecule has 0 radical (unpaired) electrons. The molecule has 2 rings (SSSR count). The van der Waals surface area contributed by atoms with Gasteiger partial charge in [-0.25, -0.2) is 0 Å². The van der Waals surface area contributed by atoms with Crippen LogP contribution in [-0.4, -0.2) is 95.9 Å². The van der Waals surface area contributed by atoms with Gasteiger partial charge in [0.05, 0.1) is 13.1 Å². The fraction of sp³-hybridized carbons (Fsp3) is 0.538. The van der Waals surface area contributed by atoms with Crippen LogP contribution in [0, 0.1) is 5.41 Å².